The third-order valence-electron chi connectivity index (χ3n) is 5.86. The fourth-order valence-corrected chi connectivity index (χ4v) is 4.24. The molecular weight excluding hydrogens is 410 g/mol. The van der Waals surface area contributed by atoms with Gasteiger partial charge in [0.05, 0.1) is 38.1 Å². The maximum Gasteiger partial charge on any atom is 0.239 e. The van der Waals surface area contributed by atoms with E-state index in [0.29, 0.717) is 35.1 Å². The van der Waals surface area contributed by atoms with Gasteiger partial charge in [0.2, 0.25) is 5.91 Å². The first kappa shape index (κ1) is 20.6. The molecule has 2 aliphatic rings. The summed E-state index contributed by atoms with van der Waals surface area (Å²) in [6.07, 6.45) is 4.04. The van der Waals surface area contributed by atoms with Gasteiger partial charge in [-0.1, -0.05) is 6.07 Å². The molecule has 0 spiro atoms. The lowest BCUT2D eigenvalue weighted by Gasteiger charge is -2.26. The summed E-state index contributed by atoms with van der Waals surface area (Å²) >= 11 is 0. The van der Waals surface area contributed by atoms with Gasteiger partial charge in [-0.2, -0.15) is 0 Å². The number of pyridine rings is 1. The molecule has 1 fully saturated rings. The number of hydrogen-bond donors (Lipinski definition) is 1. The van der Waals surface area contributed by atoms with Crippen LogP contribution in [0.5, 0.6) is 11.5 Å². The molecule has 1 amide bonds. The summed E-state index contributed by atoms with van der Waals surface area (Å²) in [6.45, 7) is 5.05. The van der Waals surface area contributed by atoms with Crippen molar-refractivity contribution in [3.8, 4) is 11.5 Å². The van der Waals surface area contributed by atoms with Gasteiger partial charge in [0, 0.05) is 42.8 Å². The van der Waals surface area contributed by atoms with E-state index in [1.54, 1.807) is 13.3 Å². The largest absolute Gasteiger partial charge is 0.493 e. The second-order valence-corrected chi connectivity index (χ2v) is 7.80. The quantitative estimate of drug-likeness (QED) is 0.564. The van der Waals surface area contributed by atoms with Gasteiger partial charge < -0.3 is 19.5 Å². The summed E-state index contributed by atoms with van der Waals surface area (Å²) in [5.74, 6) is 1.09. The number of anilines is 1. The summed E-state index contributed by atoms with van der Waals surface area (Å²) in [5.41, 5.74) is 2.13. The molecule has 0 saturated carbocycles. The Balaban J connectivity index is 1.39. The fraction of sp³-hybridized carbons (Fsp3) is 0.391. The predicted molar refractivity (Wildman–Crippen MR) is 118 cm³/mol. The van der Waals surface area contributed by atoms with E-state index in [-0.39, 0.29) is 5.91 Å². The van der Waals surface area contributed by atoms with E-state index in [9.17, 15) is 4.79 Å². The van der Waals surface area contributed by atoms with Crippen molar-refractivity contribution in [1.82, 2.24) is 19.9 Å². The second-order valence-electron chi connectivity index (χ2n) is 7.80. The highest BCUT2D eigenvalue weighted by Gasteiger charge is 2.35. The molecule has 2 aromatic heterocycles. The van der Waals surface area contributed by atoms with Gasteiger partial charge >= 0.3 is 0 Å². The lowest BCUT2D eigenvalue weighted by Crippen LogP contribution is -2.37. The number of rotatable bonds is 7. The number of aromatic nitrogens is 3. The molecular formula is C23H25N5O4. The smallest absolute Gasteiger partial charge is 0.239 e. The number of carbonyl (C=O) groups excluding carboxylic acids is 1. The predicted octanol–water partition coefficient (Wildman–Crippen LogP) is 2.22. The number of ether oxygens (including phenoxy) is 3. The highest BCUT2D eigenvalue weighted by atomic mass is 16.5. The Bertz CT molecular complexity index is 1130. The van der Waals surface area contributed by atoms with E-state index in [1.807, 2.05) is 24.3 Å². The lowest BCUT2D eigenvalue weighted by molar-refractivity contribution is -0.116. The molecule has 9 heteroatoms. The first-order valence-corrected chi connectivity index (χ1v) is 10.8. The van der Waals surface area contributed by atoms with Crippen LogP contribution in [-0.4, -0.2) is 72.3 Å². The van der Waals surface area contributed by atoms with Crippen molar-refractivity contribution in [2.24, 2.45) is 0 Å². The van der Waals surface area contributed by atoms with Gasteiger partial charge in [-0.05, 0) is 18.6 Å². The highest BCUT2D eigenvalue weighted by Crippen LogP contribution is 2.40. The molecule has 0 radical (unpaired) electrons. The maximum atomic E-state index is 12.7. The molecule has 1 atom stereocenters. The number of nitrogens with zero attached hydrogens (tertiary/aromatic N) is 4. The molecule has 1 N–H and O–H groups in total. The molecule has 5 rings (SSSR count). The number of hydrogen-bond acceptors (Lipinski definition) is 8. The first-order valence-electron chi connectivity index (χ1n) is 10.8. The number of amides is 1. The summed E-state index contributed by atoms with van der Waals surface area (Å²) in [7, 11) is 1.60. The van der Waals surface area contributed by atoms with Crippen LogP contribution in [0.15, 0.2) is 36.8 Å². The van der Waals surface area contributed by atoms with E-state index in [4.69, 9.17) is 14.2 Å². The van der Waals surface area contributed by atoms with Crippen LogP contribution >= 0.6 is 0 Å². The van der Waals surface area contributed by atoms with E-state index in [2.05, 4.69) is 25.2 Å². The van der Waals surface area contributed by atoms with Crippen molar-refractivity contribution in [2.45, 2.75) is 12.3 Å². The molecule has 0 bridgehead atoms. The van der Waals surface area contributed by atoms with Crippen LogP contribution in [0.25, 0.3) is 10.9 Å². The van der Waals surface area contributed by atoms with Crippen LogP contribution in [0.4, 0.5) is 5.82 Å². The fourth-order valence-electron chi connectivity index (χ4n) is 4.24. The van der Waals surface area contributed by atoms with Crippen LogP contribution in [-0.2, 0) is 9.53 Å². The number of benzene rings is 1. The van der Waals surface area contributed by atoms with Gasteiger partial charge in [0.1, 0.15) is 18.1 Å². The van der Waals surface area contributed by atoms with Gasteiger partial charge in [0.15, 0.2) is 11.5 Å². The van der Waals surface area contributed by atoms with Crippen LogP contribution in [0.1, 0.15) is 23.6 Å². The molecule has 32 heavy (non-hydrogen) atoms. The van der Waals surface area contributed by atoms with Crippen LogP contribution < -0.4 is 14.8 Å². The Hall–Kier alpha value is -3.30. The van der Waals surface area contributed by atoms with Crippen molar-refractivity contribution in [3.63, 3.8) is 0 Å². The van der Waals surface area contributed by atoms with E-state index >= 15 is 0 Å². The monoisotopic (exact) mass is 435 g/mol. The van der Waals surface area contributed by atoms with Crippen molar-refractivity contribution in [1.29, 1.82) is 0 Å². The Morgan fingerprint density at radius 1 is 1.19 bits per heavy atom. The molecule has 3 aromatic rings. The normalized spacial score (nSPS) is 18.4. The average Bonchev–Trinajstić information content (AvgIpc) is 3.17. The van der Waals surface area contributed by atoms with Crippen molar-refractivity contribution >= 4 is 22.6 Å². The third kappa shape index (κ3) is 3.96. The Morgan fingerprint density at radius 2 is 2.06 bits per heavy atom. The van der Waals surface area contributed by atoms with E-state index in [0.717, 1.165) is 50.2 Å². The number of methoxy groups -OCH3 is 1. The Morgan fingerprint density at radius 3 is 2.91 bits per heavy atom. The SMILES string of the molecule is COc1cc2c(C3C(=O)Nc4ncccc43)ncnc2cc1OCCCN1CCOCC1. The molecule has 4 heterocycles. The number of nitrogens with one attached hydrogen (secondary N) is 1. The van der Waals surface area contributed by atoms with Gasteiger partial charge in [-0.3, -0.25) is 9.69 Å². The zero-order chi connectivity index (χ0) is 21.9. The van der Waals surface area contributed by atoms with Gasteiger partial charge in [0.25, 0.3) is 0 Å². The zero-order valence-electron chi connectivity index (χ0n) is 17.9. The van der Waals surface area contributed by atoms with Crippen molar-refractivity contribution in [3.05, 3.63) is 48.0 Å². The molecule has 1 aromatic carbocycles. The average molecular weight is 435 g/mol. The Labute approximate surface area is 185 Å². The second kappa shape index (κ2) is 9.05. The first-order chi connectivity index (χ1) is 15.7. The van der Waals surface area contributed by atoms with Crippen LogP contribution in [0.2, 0.25) is 0 Å². The molecule has 9 nitrogen and oxygen atoms in total. The minimum atomic E-state index is -0.547. The zero-order valence-corrected chi connectivity index (χ0v) is 17.9. The summed E-state index contributed by atoms with van der Waals surface area (Å²) in [4.78, 5) is 28.2. The summed E-state index contributed by atoms with van der Waals surface area (Å²) < 4.78 is 17.0. The molecule has 1 unspecified atom stereocenters. The van der Waals surface area contributed by atoms with Gasteiger partial charge in [-0.15, -0.1) is 0 Å². The highest BCUT2D eigenvalue weighted by molar-refractivity contribution is 6.05. The van der Waals surface area contributed by atoms with Crippen molar-refractivity contribution < 1.29 is 19.0 Å². The standard InChI is InChI=1S/C23H25N5O4/c1-30-18-12-16-17(13-19(18)32-9-3-6-28-7-10-31-11-8-28)25-14-26-21(16)20-15-4-2-5-24-22(15)27-23(20)29/h2,4-5,12-14,20H,3,6-11H2,1H3,(H,24,27,29). The van der Waals surface area contributed by atoms with E-state index < -0.39 is 5.92 Å². The Kier molecular flexibility index (Phi) is 5.83. The van der Waals surface area contributed by atoms with Gasteiger partial charge in [-0.25, -0.2) is 15.0 Å². The number of carbonyl (C=O) groups is 1. The lowest BCUT2D eigenvalue weighted by atomic mass is 9.95. The minimum absolute atomic E-state index is 0.152. The number of fused-ring (bicyclic) bond motifs is 2. The summed E-state index contributed by atoms with van der Waals surface area (Å²) in [5, 5.41) is 3.59. The molecule has 0 aliphatic carbocycles. The van der Waals surface area contributed by atoms with Crippen LogP contribution in [0.3, 0.4) is 0 Å². The third-order valence-corrected chi connectivity index (χ3v) is 5.86. The number of morpholine rings is 1. The topological polar surface area (TPSA) is 98.7 Å². The molecule has 1 saturated heterocycles. The van der Waals surface area contributed by atoms with E-state index in [1.165, 1.54) is 6.33 Å². The van der Waals surface area contributed by atoms with Crippen LogP contribution in [0, 0.1) is 0 Å². The minimum Gasteiger partial charge on any atom is -0.493 e. The molecule has 166 valence electrons. The summed E-state index contributed by atoms with van der Waals surface area (Å²) in [6, 6.07) is 7.41. The maximum absolute atomic E-state index is 12.7. The van der Waals surface area contributed by atoms with Crippen molar-refractivity contribution in [2.75, 3.05) is 51.9 Å². The molecule has 2 aliphatic heterocycles.